The van der Waals surface area contributed by atoms with E-state index in [1.54, 1.807) is 0 Å². The monoisotopic (exact) mass is 226 g/mol. The van der Waals surface area contributed by atoms with Crippen LogP contribution in [0.4, 0.5) is 5.00 Å². The lowest BCUT2D eigenvalue weighted by Gasteiger charge is -1.96. The predicted molar refractivity (Wildman–Crippen MR) is 65.1 cm³/mol. The Bertz CT molecular complexity index is 333. The van der Waals surface area contributed by atoms with Crippen molar-refractivity contribution in [2.24, 2.45) is 5.73 Å². The van der Waals surface area contributed by atoms with Crippen LogP contribution in [-0.4, -0.2) is 5.91 Å². The van der Waals surface area contributed by atoms with Crippen molar-refractivity contribution in [2.45, 2.75) is 39.0 Å². The van der Waals surface area contributed by atoms with Gasteiger partial charge in [0.1, 0.15) is 0 Å². The molecule has 1 rings (SSSR count). The molecular weight excluding hydrogens is 208 g/mol. The number of nitrogen functional groups attached to an aromatic ring is 1. The molecule has 0 saturated carbocycles. The number of anilines is 1. The van der Waals surface area contributed by atoms with Gasteiger partial charge in [-0.15, -0.1) is 11.3 Å². The maximum Gasteiger partial charge on any atom is 0.251 e. The highest BCUT2D eigenvalue weighted by molar-refractivity contribution is 7.16. The third kappa shape index (κ3) is 3.55. The second-order valence-electron chi connectivity index (χ2n) is 3.67. The Morgan fingerprint density at radius 1 is 1.40 bits per heavy atom. The van der Waals surface area contributed by atoms with Crippen LogP contribution in [0.5, 0.6) is 0 Å². The maximum absolute atomic E-state index is 11.0. The van der Waals surface area contributed by atoms with E-state index in [1.165, 1.54) is 30.6 Å². The molecule has 1 aromatic rings. The van der Waals surface area contributed by atoms with Crippen LogP contribution in [0.2, 0.25) is 0 Å². The Balaban J connectivity index is 2.48. The summed E-state index contributed by atoms with van der Waals surface area (Å²) in [5.41, 5.74) is 11.4. The summed E-state index contributed by atoms with van der Waals surface area (Å²) in [6.07, 6.45) is 5.90. The molecule has 0 aliphatic heterocycles. The van der Waals surface area contributed by atoms with E-state index >= 15 is 0 Å². The van der Waals surface area contributed by atoms with Gasteiger partial charge in [0.05, 0.1) is 10.6 Å². The number of rotatable bonds is 6. The maximum atomic E-state index is 11.0. The van der Waals surface area contributed by atoms with Crippen LogP contribution in [0.3, 0.4) is 0 Å². The summed E-state index contributed by atoms with van der Waals surface area (Å²) in [4.78, 5) is 12.1. The van der Waals surface area contributed by atoms with Crippen molar-refractivity contribution in [2.75, 3.05) is 5.73 Å². The van der Waals surface area contributed by atoms with Crippen LogP contribution in [0.15, 0.2) is 6.07 Å². The van der Waals surface area contributed by atoms with Crippen molar-refractivity contribution >= 4 is 22.2 Å². The molecule has 0 bridgehead atoms. The Labute approximate surface area is 94.5 Å². The van der Waals surface area contributed by atoms with Crippen LogP contribution < -0.4 is 11.5 Å². The van der Waals surface area contributed by atoms with E-state index < -0.39 is 5.91 Å². The van der Waals surface area contributed by atoms with Gasteiger partial charge in [0.25, 0.3) is 5.91 Å². The number of unbranched alkanes of at least 4 members (excludes halogenated alkanes) is 3. The normalized spacial score (nSPS) is 10.5. The summed E-state index contributed by atoms with van der Waals surface area (Å²) in [6, 6.07) is 1.83. The van der Waals surface area contributed by atoms with Gasteiger partial charge in [-0.3, -0.25) is 4.79 Å². The lowest BCUT2D eigenvalue weighted by atomic mass is 10.1. The van der Waals surface area contributed by atoms with E-state index in [4.69, 9.17) is 11.5 Å². The van der Waals surface area contributed by atoms with Crippen molar-refractivity contribution in [1.82, 2.24) is 0 Å². The SMILES string of the molecule is CCCCCCc1cc(C(N)=O)c(N)s1. The van der Waals surface area contributed by atoms with Crippen molar-refractivity contribution < 1.29 is 4.79 Å². The van der Waals surface area contributed by atoms with E-state index in [2.05, 4.69) is 6.92 Å². The molecule has 15 heavy (non-hydrogen) atoms. The first-order valence-electron chi connectivity index (χ1n) is 5.33. The van der Waals surface area contributed by atoms with Crippen molar-refractivity contribution in [3.05, 3.63) is 16.5 Å². The van der Waals surface area contributed by atoms with Gasteiger partial charge >= 0.3 is 0 Å². The van der Waals surface area contributed by atoms with Gasteiger partial charge in [0, 0.05) is 4.88 Å². The first-order chi connectivity index (χ1) is 7.15. The molecule has 4 heteroatoms. The Morgan fingerprint density at radius 3 is 2.67 bits per heavy atom. The van der Waals surface area contributed by atoms with Crippen molar-refractivity contribution in [3.63, 3.8) is 0 Å². The highest BCUT2D eigenvalue weighted by Gasteiger charge is 2.10. The third-order valence-corrected chi connectivity index (χ3v) is 3.38. The third-order valence-electron chi connectivity index (χ3n) is 2.35. The fourth-order valence-electron chi connectivity index (χ4n) is 1.50. The molecule has 0 unspecified atom stereocenters. The molecule has 1 heterocycles. The van der Waals surface area contributed by atoms with Gasteiger partial charge in [0.2, 0.25) is 0 Å². The molecular formula is C11H18N2OS. The zero-order chi connectivity index (χ0) is 11.3. The zero-order valence-corrected chi connectivity index (χ0v) is 9.90. The van der Waals surface area contributed by atoms with Gasteiger partial charge in [-0.05, 0) is 18.9 Å². The summed E-state index contributed by atoms with van der Waals surface area (Å²) in [6.45, 7) is 2.19. The zero-order valence-electron chi connectivity index (χ0n) is 9.08. The highest BCUT2D eigenvalue weighted by Crippen LogP contribution is 2.26. The van der Waals surface area contributed by atoms with Crippen molar-refractivity contribution in [1.29, 1.82) is 0 Å². The number of hydrogen-bond acceptors (Lipinski definition) is 3. The molecule has 0 fully saturated rings. The predicted octanol–water partition coefficient (Wildman–Crippen LogP) is 2.55. The van der Waals surface area contributed by atoms with Crippen LogP contribution >= 0.6 is 11.3 Å². The quantitative estimate of drug-likeness (QED) is 0.732. The van der Waals surface area contributed by atoms with Crippen molar-refractivity contribution in [3.8, 4) is 0 Å². The van der Waals surface area contributed by atoms with Gasteiger partial charge in [0.15, 0.2) is 0 Å². The molecule has 0 radical (unpaired) electrons. The molecule has 4 N–H and O–H groups in total. The minimum atomic E-state index is -0.427. The van der Waals surface area contributed by atoms with Gasteiger partial charge in [-0.25, -0.2) is 0 Å². The van der Waals surface area contributed by atoms with E-state index in [9.17, 15) is 4.79 Å². The number of amides is 1. The summed E-state index contributed by atoms with van der Waals surface area (Å²) in [7, 11) is 0. The second kappa shape index (κ2) is 5.75. The molecule has 0 aromatic carbocycles. The fourth-order valence-corrected chi connectivity index (χ4v) is 2.47. The number of carbonyl (C=O) groups is 1. The molecule has 0 aliphatic rings. The van der Waals surface area contributed by atoms with Crippen LogP contribution in [0.1, 0.15) is 47.8 Å². The van der Waals surface area contributed by atoms with Gasteiger partial charge in [-0.1, -0.05) is 26.2 Å². The minimum absolute atomic E-state index is 0.427. The lowest BCUT2D eigenvalue weighted by Crippen LogP contribution is -2.11. The first-order valence-corrected chi connectivity index (χ1v) is 6.14. The topological polar surface area (TPSA) is 69.1 Å². The standard InChI is InChI=1S/C11H18N2OS/c1-2-3-4-5-6-8-7-9(10(12)14)11(13)15-8/h7H,2-6,13H2,1H3,(H2,12,14). The smallest absolute Gasteiger partial charge is 0.251 e. The first kappa shape index (κ1) is 12.0. The number of hydrogen-bond donors (Lipinski definition) is 2. The number of aryl methyl sites for hydroxylation is 1. The molecule has 0 spiro atoms. The van der Waals surface area contributed by atoms with Gasteiger partial charge in [-0.2, -0.15) is 0 Å². The molecule has 1 amide bonds. The minimum Gasteiger partial charge on any atom is -0.390 e. The number of primary amides is 1. The largest absolute Gasteiger partial charge is 0.390 e. The number of nitrogens with two attached hydrogens (primary N) is 2. The molecule has 0 atom stereocenters. The summed E-state index contributed by atoms with van der Waals surface area (Å²) in [5.74, 6) is -0.427. The highest BCUT2D eigenvalue weighted by atomic mass is 32.1. The summed E-state index contributed by atoms with van der Waals surface area (Å²) >= 11 is 1.48. The second-order valence-corrected chi connectivity index (χ2v) is 4.83. The molecule has 1 aromatic heterocycles. The average Bonchev–Trinajstić information content (AvgIpc) is 2.55. The number of thiophene rings is 1. The van der Waals surface area contributed by atoms with Crippen LogP contribution in [0, 0.1) is 0 Å². The molecule has 0 aliphatic carbocycles. The summed E-state index contributed by atoms with van der Waals surface area (Å²) in [5, 5.41) is 0.549. The van der Waals surface area contributed by atoms with E-state index in [-0.39, 0.29) is 0 Å². The molecule has 84 valence electrons. The lowest BCUT2D eigenvalue weighted by molar-refractivity contribution is 0.100. The summed E-state index contributed by atoms with van der Waals surface area (Å²) < 4.78 is 0. The van der Waals surface area contributed by atoms with E-state index in [1.807, 2.05) is 6.07 Å². The van der Waals surface area contributed by atoms with Gasteiger partial charge < -0.3 is 11.5 Å². The fraction of sp³-hybridized carbons (Fsp3) is 0.545. The Kier molecular flexibility index (Phi) is 4.62. The molecule has 0 saturated heterocycles. The number of carbonyl (C=O) groups excluding carboxylic acids is 1. The average molecular weight is 226 g/mol. The Morgan fingerprint density at radius 2 is 2.13 bits per heavy atom. The Hall–Kier alpha value is -1.03. The van der Waals surface area contributed by atoms with Crippen LogP contribution in [-0.2, 0) is 6.42 Å². The van der Waals surface area contributed by atoms with E-state index in [0.29, 0.717) is 10.6 Å². The van der Waals surface area contributed by atoms with E-state index in [0.717, 1.165) is 17.7 Å². The van der Waals surface area contributed by atoms with Crippen LogP contribution in [0.25, 0.3) is 0 Å². The molecule has 3 nitrogen and oxygen atoms in total.